The molecule has 4 aromatic rings. The van der Waals surface area contributed by atoms with Gasteiger partial charge in [-0.1, -0.05) is 35.9 Å². The van der Waals surface area contributed by atoms with Crippen molar-refractivity contribution in [1.82, 2.24) is 14.6 Å². The zero-order chi connectivity index (χ0) is 33.2. The quantitative estimate of drug-likeness (QED) is 0.234. The summed E-state index contributed by atoms with van der Waals surface area (Å²) in [6.45, 7) is 15.3. The van der Waals surface area contributed by atoms with Gasteiger partial charge in [0.15, 0.2) is 5.65 Å². The van der Waals surface area contributed by atoms with Gasteiger partial charge in [0.1, 0.15) is 17.7 Å². The first-order valence-corrected chi connectivity index (χ1v) is 16.0. The molecule has 46 heavy (non-hydrogen) atoms. The predicted octanol–water partition coefficient (Wildman–Crippen LogP) is 6.80. The lowest BCUT2D eigenvalue weighted by Crippen LogP contribution is -2.45. The number of rotatable bonds is 2. The third kappa shape index (κ3) is 7.95. The number of ether oxygens (including phenoxy) is 2. The Morgan fingerprint density at radius 3 is 2.46 bits per heavy atom. The topological polar surface area (TPSA) is 109 Å². The molecular formula is C37H46N4O5. The van der Waals surface area contributed by atoms with Crippen LogP contribution >= 0.6 is 0 Å². The van der Waals surface area contributed by atoms with Gasteiger partial charge in [0.2, 0.25) is 0 Å². The lowest BCUT2D eigenvalue weighted by atomic mass is 9.93. The maximum atomic E-state index is 11.9. The Hall–Kier alpha value is -4.21. The average Bonchev–Trinajstić information content (AvgIpc) is 3.39. The number of fused-ring (bicyclic) bond motifs is 6. The number of aromatic nitrogens is 3. The highest BCUT2D eigenvalue weighted by Gasteiger charge is 2.33. The van der Waals surface area contributed by atoms with Crippen LogP contribution in [0.5, 0.6) is 5.75 Å². The van der Waals surface area contributed by atoms with Gasteiger partial charge < -0.3 is 24.6 Å². The summed E-state index contributed by atoms with van der Waals surface area (Å²) in [6.07, 6.45) is 5.47. The van der Waals surface area contributed by atoms with Crippen molar-refractivity contribution in [2.45, 2.75) is 85.0 Å². The molecular weight excluding hydrogens is 580 g/mol. The van der Waals surface area contributed by atoms with E-state index in [0.29, 0.717) is 23.5 Å². The summed E-state index contributed by atoms with van der Waals surface area (Å²) in [4.78, 5) is 18.9. The van der Waals surface area contributed by atoms with Crippen LogP contribution in [0.15, 0.2) is 60.7 Å². The number of hydrogen-bond acceptors (Lipinski definition) is 7. The van der Waals surface area contributed by atoms with E-state index < -0.39 is 11.6 Å². The molecule has 0 spiro atoms. The van der Waals surface area contributed by atoms with Crippen LogP contribution in [0.4, 0.5) is 5.82 Å². The van der Waals surface area contributed by atoms with Crippen molar-refractivity contribution in [2.75, 3.05) is 24.6 Å². The molecule has 1 unspecified atom stereocenters. The van der Waals surface area contributed by atoms with Crippen LogP contribution in [0.25, 0.3) is 28.0 Å². The first-order valence-electron chi connectivity index (χ1n) is 16.0. The molecule has 9 nitrogen and oxygen atoms in total. The maximum Gasteiger partial charge on any atom is 0.308 e. The van der Waals surface area contributed by atoms with E-state index in [9.17, 15) is 9.90 Å². The third-order valence-electron chi connectivity index (χ3n) is 8.18. The third-order valence-corrected chi connectivity index (χ3v) is 8.18. The Labute approximate surface area is 271 Å². The van der Waals surface area contributed by atoms with Crippen molar-refractivity contribution in [3.63, 3.8) is 0 Å². The number of carboxylic acids is 1. The normalized spacial score (nSPS) is 20.5. The number of carbonyl (C=O) groups is 1. The molecule has 244 valence electrons. The number of carboxylic acid groups (broad SMARTS) is 1. The van der Waals surface area contributed by atoms with E-state index in [2.05, 4.69) is 43.0 Å². The second-order valence-electron chi connectivity index (χ2n) is 13.6. The number of benzene rings is 2. The molecule has 1 saturated heterocycles. The molecule has 0 saturated carbocycles. The second kappa shape index (κ2) is 13.3. The molecule has 3 aliphatic heterocycles. The maximum absolute atomic E-state index is 11.9. The van der Waals surface area contributed by atoms with Crippen molar-refractivity contribution in [1.29, 1.82) is 0 Å². The number of piperidine rings is 1. The number of hydrogen-bond donors (Lipinski definition) is 2. The van der Waals surface area contributed by atoms with Crippen LogP contribution in [0.3, 0.4) is 0 Å². The first kappa shape index (κ1) is 33.2. The molecule has 9 heteroatoms. The van der Waals surface area contributed by atoms with Gasteiger partial charge >= 0.3 is 5.97 Å². The van der Waals surface area contributed by atoms with Crippen molar-refractivity contribution >= 4 is 17.4 Å². The molecule has 6 bridgehead atoms. The van der Waals surface area contributed by atoms with E-state index in [1.165, 1.54) is 0 Å². The average molecular weight is 627 g/mol. The van der Waals surface area contributed by atoms with Crippen molar-refractivity contribution in [3.05, 3.63) is 77.5 Å². The van der Waals surface area contributed by atoms with E-state index in [1.807, 2.05) is 54.8 Å². The Kier molecular flexibility index (Phi) is 9.56. The largest absolute Gasteiger partial charge is 0.486 e. The van der Waals surface area contributed by atoms with Gasteiger partial charge in [-0.25, -0.2) is 4.98 Å². The number of nitrogens with zero attached hydrogens (tertiary/aromatic N) is 4. The zero-order valence-electron chi connectivity index (χ0n) is 28.0. The number of aryl methyl sites for hydroxylation is 2. The summed E-state index contributed by atoms with van der Waals surface area (Å²) in [7, 11) is 0. The van der Waals surface area contributed by atoms with E-state index in [0.717, 1.165) is 65.4 Å². The molecule has 1 fully saturated rings. The molecule has 5 heterocycles. The van der Waals surface area contributed by atoms with Gasteiger partial charge in [-0.3, -0.25) is 4.79 Å². The summed E-state index contributed by atoms with van der Waals surface area (Å²) in [5.41, 5.74) is 6.25. The van der Waals surface area contributed by atoms with Crippen LogP contribution in [-0.2, 0) is 16.0 Å². The van der Waals surface area contributed by atoms with Gasteiger partial charge in [0, 0.05) is 41.5 Å². The Morgan fingerprint density at radius 1 is 1.07 bits per heavy atom. The molecule has 3 aliphatic rings. The minimum Gasteiger partial charge on any atom is -0.486 e. The van der Waals surface area contributed by atoms with Crippen molar-refractivity contribution in [2.24, 2.45) is 0 Å². The van der Waals surface area contributed by atoms with Gasteiger partial charge in [0.05, 0.1) is 29.9 Å². The highest BCUT2D eigenvalue weighted by atomic mass is 16.5. The summed E-state index contributed by atoms with van der Waals surface area (Å²) in [5, 5.41) is 23.3. The highest BCUT2D eigenvalue weighted by molar-refractivity contribution is 5.78. The van der Waals surface area contributed by atoms with E-state index in [-0.39, 0.29) is 18.1 Å². The fourth-order valence-electron chi connectivity index (χ4n) is 5.85. The minimum atomic E-state index is -0.886. The molecule has 2 aromatic heterocycles. The lowest BCUT2D eigenvalue weighted by Gasteiger charge is -2.40. The molecule has 0 radical (unpaired) electrons. The standard InChI is InChI=1S/C33H36N4O4.C4H10O/c1-21-10-11-29-27(17-21)24-8-5-9-25(18-24)28-20-30-34-23(3)26(19-31(38)39)32(37(30)35-28)36-14-12-33(4,13-15-36)40-16-6-7-22(2)41-29;1-4(2,3)5/h5-11,17-18,20,22H,12-16,19H2,1-4H3,(H,38,39);5H,1-3H3/b7-6-;. The molecule has 2 N–H and O–H groups in total. The van der Waals surface area contributed by atoms with Crippen molar-refractivity contribution in [3.8, 4) is 28.1 Å². The SMILES string of the molecule is CC(C)(C)O.Cc1ccc2c(c1)-c1cccc(c1)-c1cc3nc(C)c(CC(=O)O)c(n3n1)N1CCC(C)(CC1)OC/C=C\C(C)O2. The summed E-state index contributed by atoms with van der Waals surface area (Å²) in [6, 6.07) is 16.5. The summed E-state index contributed by atoms with van der Waals surface area (Å²) >= 11 is 0. The lowest BCUT2D eigenvalue weighted by molar-refractivity contribution is -0.136. The predicted molar refractivity (Wildman–Crippen MR) is 182 cm³/mol. The van der Waals surface area contributed by atoms with Crippen LogP contribution in [0.1, 0.15) is 64.3 Å². The van der Waals surface area contributed by atoms with Gasteiger partial charge in [-0.15, -0.1) is 0 Å². The van der Waals surface area contributed by atoms with E-state index in [4.69, 9.17) is 24.7 Å². The van der Waals surface area contributed by atoms with E-state index >= 15 is 0 Å². The molecule has 0 amide bonds. The minimum absolute atomic E-state index is 0.113. The number of aliphatic hydroxyl groups is 1. The van der Waals surface area contributed by atoms with Gasteiger partial charge in [-0.2, -0.15) is 9.61 Å². The fraction of sp³-hybridized carbons (Fsp3) is 0.432. The zero-order valence-corrected chi connectivity index (χ0v) is 28.0. The summed E-state index contributed by atoms with van der Waals surface area (Å²) < 4.78 is 14.6. The Balaban J connectivity index is 0.000000775. The summed E-state index contributed by atoms with van der Waals surface area (Å²) in [5.74, 6) is 0.735. The van der Waals surface area contributed by atoms with Gasteiger partial charge in [-0.05, 0) is 91.1 Å². The highest BCUT2D eigenvalue weighted by Crippen LogP contribution is 2.36. The van der Waals surface area contributed by atoms with Crippen LogP contribution in [0.2, 0.25) is 0 Å². The molecule has 7 rings (SSSR count). The van der Waals surface area contributed by atoms with Gasteiger partial charge in [0.25, 0.3) is 0 Å². The van der Waals surface area contributed by atoms with E-state index in [1.54, 1.807) is 20.8 Å². The molecule has 2 aromatic carbocycles. The number of anilines is 1. The fourth-order valence-corrected chi connectivity index (χ4v) is 5.85. The molecule has 0 aliphatic carbocycles. The Morgan fingerprint density at radius 2 is 1.76 bits per heavy atom. The first-order chi connectivity index (χ1) is 21.7. The van der Waals surface area contributed by atoms with Crippen LogP contribution in [-0.4, -0.2) is 67.8 Å². The monoisotopic (exact) mass is 626 g/mol. The smallest absolute Gasteiger partial charge is 0.308 e. The Bertz CT molecular complexity index is 1740. The van der Waals surface area contributed by atoms with Crippen molar-refractivity contribution < 1.29 is 24.5 Å². The van der Waals surface area contributed by atoms with Crippen LogP contribution < -0.4 is 9.64 Å². The number of aliphatic carboxylic acids is 1. The second-order valence-corrected chi connectivity index (χ2v) is 13.6. The molecule has 1 atom stereocenters. The van der Waals surface area contributed by atoms with Crippen LogP contribution in [0, 0.1) is 13.8 Å².